The second kappa shape index (κ2) is 7.97. The summed E-state index contributed by atoms with van der Waals surface area (Å²) in [5.41, 5.74) is -0.583. The summed E-state index contributed by atoms with van der Waals surface area (Å²) in [4.78, 5) is 9.89. The number of aromatic carboxylic acids is 1. The van der Waals surface area contributed by atoms with E-state index in [4.69, 9.17) is 14.8 Å². The molecule has 0 amide bonds. The molecule has 6 nitrogen and oxygen atoms in total. The van der Waals surface area contributed by atoms with Gasteiger partial charge in [0.25, 0.3) is 10.1 Å². The zero-order chi connectivity index (χ0) is 10.9. The Morgan fingerprint density at radius 3 is 2.06 bits per heavy atom. The summed E-state index contributed by atoms with van der Waals surface area (Å²) in [5.74, 6) is -2.04. The van der Waals surface area contributed by atoms with E-state index in [0.29, 0.717) is 6.07 Å². The van der Waals surface area contributed by atoms with Crippen LogP contribution in [0, 0.1) is 0 Å². The van der Waals surface area contributed by atoms with Gasteiger partial charge in [-0.25, -0.2) is 4.79 Å². The number of aromatic hydroxyl groups is 1. The van der Waals surface area contributed by atoms with Crippen molar-refractivity contribution < 1.29 is 28.0 Å². The molecule has 0 aliphatic carbocycles. The molecular formula is C7H8K2O6S. The predicted octanol–water partition coefficient (Wildman–Crippen LogP) is -0.960. The van der Waals surface area contributed by atoms with Gasteiger partial charge in [-0.05, 0) is 18.2 Å². The van der Waals surface area contributed by atoms with Gasteiger partial charge >= 0.3 is 109 Å². The van der Waals surface area contributed by atoms with Crippen molar-refractivity contribution in [3.8, 4) is 5.75 Å². The maximum atomic E-state index is 10.6. The number of hydrogen-bond donors (Lipinski definition) is 3. The fraction of sp³-hybridized carbons (Fsp3) is 0. The summed E-state index contributed by atoms with van der Waals surface area (Å²) < 4.78 is 29.8. The zero-order valence-corrected chi connectivity index (χ0v) is 7.52. The molecule has 16 heavy (non-hydrogen) atoms. The summed E-state index contributed by atoms with van der Waals surface area (Å²) in [6, 6.07) is 2.46. The van der Waals surface area contributed by atoms with E-state index in [1.54, 1.807) is 0 Å². The van der Waals surface area contributed by atoms with Crippen LogP contribution in [0.1, 0.15) is 10.4 Å². The van der Waals surface area contributed by atoms with Crippen LogP contribution < -0.4 is 0 Å². The number of rotatable bonds is 2. The van der Waals surface area contributed by atoms with Crippen molar-refractivity contribution in [3.05, 3.63) is 23.8 Å². The van der Waals surface area contributed by atoms with Gasteiger partial charge in [0.2, 0.25) is 0 Å². The Morgan fingerprint density at radius 2 is 1.69 bits per heavy atom. The molecule has 0 radical (unpaired) electrons. The number of carboxylic acid groups (broad SMARTS) is 1. The van der Waals surface area contributed by atoms with Crippen molar-refractivity contribution in [2.45, 2.75) is 4.90 Å². The topological polar surface area (TPSA) is 112 Å². The van der Waals surface area contributed by atoms with Crippen LogP contribution in [0.2, 0.25) is 0 Å². The molecule has 0 atom stereocenters. The molecule has 0 spiro atoms. The van der Waals surface area contributed by atoms with E-state index < -0.39 is 32.3 Å². The standard InChI is InChI=1S/C7H6O6S.2K.2H/c8-6-2-1-4(14(11,12)13)3-5(6)7(9)10;;;;/h1-3,8H,(H,9,10)(H,11,12,13);;;;. The second-order valence-corrected chi connectivity index (χ2v) is 3.88. The first-order valence-corrected chi connectivity index (χ1v) is 4.80. The molecule has 3 N–H and O–H groups in total. The maximum absolute atomic E-state index is 10.6. The Bertz CT molecular complexity index is 484. The first-order chi connectivity index (χ1) is 6.32. The van der Waals surface area contributed by atoms with Gasteiger partial charge in [-0.1, -0.05) is 0 Å². The van der Waals surface area contributed by atoms with Crippen LogP contribution in [-0.2, 0) is 10.1 Å². The first-order valence-electron chi connectivity index (χ1n) is 3.36. The Hall–Kier alpha value is 1.67. The van der Waals surface area contributed by atoms with Gasteiger partial charge in [-0.3, -0.25) is 4.55 Å². The fourth-order valence-corrected chi connectivity index (χ4v) is 1.35. The molecule has 80 valence electrons. The van der Waals surface area contributed by atoms with Crippen LogP contribution in [0.4, 0.5) is 0 Å². The fourth-order valence-electron chi connectivity index (χ4n) is 0.847. The summed E-state index contributed by atoms with van der Waals surface area (Å²) in [6.45, 7) is 0. The van der Waals surface area contributed by atoms with Gasteiger partial charge in [0, 0.05) is 0 Å². The van der Waals surface area contributed by atoms with Crippen LogP contribution >= 0.6 is 0 Å². The SMILES string of the molecule is O=C(O)c1cc(S(=O)(=O)O)ccc1O.[KH].[KH]. The molecular weight excluding hydrogens is 290 g/mol. The molecule has 0 unspecified atom stereocenters. The normalized spacial score (nSPS) is 9.81. The quantitative estimate of drug-likeness (QED) is 0.479. The van der Waals surface area contributed by atoms with E-state index >= 15 is 0 Å². The Labute approximate surface area is 177 Å². The van der Waals surface area contributed by atoms with E-state index in [1.165, 1.54) is 0 Å². The Kier molecular flexibility index (Phi) is 9.96. The monoisotopic (exact) mass is 298 g/mol. The number of hydrogen-bond acceptors (Lipinski definition) is 4. The molecule has 1 rings (SSSR count). The molecule has 0 aliphatic heterocycles. The number of benzene rings is 1. The number of carbonyl (C=O) groups is 1. The van der Waals surface area contributed by atoms with Crippen LogP contribution in [0.15, 0.2) is 23.1 Å². The Morgan fingerprint density at radius 1 is 1.19 bits per heavy atom. The van der Waals surface area contributed by atoms with Gasteiger partial charge in [0.05, 0.1) is 4.90 Å². The molecule has 0 aliphatic rings. The van der Waals surface area contributed by atoms with E-state index in [0.717, 1.165) is 12.1 Å². The molecule has 0 fully saturated rings. The van der Waals surface area contributed by atoms with Crippen molar-refractivity contribution in [1.82, 2.24) is 0 Å². The van der Waals surface area contributed by atoms with Crippen molar-refractivity contribution in [3.63, 3.8) is 0 Å². The van der Waals surface area contributed by atoms with Crippen LogP contribution in [0.5, 0.6) is 5.75 Å². The van der Waals surface area contributed by atoms with Crippen molar-refractivity contribution in [1.29, 1.82) is 0 Å². The van der Waals surface area contributed by atoms with Gasteiger partial charge in [-0.15, -0.1) is 0 Å². The molecule has 0 saturated heterocycles. The van der Waals surface area contributed by atoms with Gasteiger partial charge in [-0.2, -0.15) is 8.42 Å². The molecule has 1 aromatic carbocycles. The Balaban J connectivity index is 0. The number of carboxylic acids is 1. The summed E-state index contributed by atoms with van der Waals surface area (Å²) in [7, 11) is -4.45. The van der Waals surface area contributed by atoms with E-state index in [2.05, 4.69) is 0 Å². The van der Waals surface area contributed by atoms with Crippen molar-refractivity contribution >= 4 is 119 Å². The molecule has 0 saturated carbocycles. The predicted molar refractivity (Wildman–Crippen MR) is 59.2 cm³/mol. The molecule has 0 aromatic heterocycles. The van der Waals surface area contributed by atoms with E-state index in [-0.39, 0.29) is 103 Å². The average Bonchev–Trinajstić information content (AvgIpc) is 2.02. The van der Waals surface area contributed by atoms with Crippen LogP contribution in [-0.4, -0.2) is 132 Å². The first kappa shape index (κ1) is 20.0. The van der Waals surface area contributed by atoms with Gasteiger partial charge in [0.1, 0.15) is 11.3 Å². The van der Waals surface area contributed by atoms with Crippen molar-refractivity contribution in [2.24, 2.45) is 0 Å². The minimum absolute atomic E-state index is 0. The molecule has 0 heterocycles. The van der Waals surface area contributed by atoms with Crippen LogP contribution in [0.25, 0.3) is 0 Å². The third kappa shape index (κ3) is 5.54. The summed E-state index contributed by atoms with van der Waals surface area (Å²) in [6.07, 6.45) is 0. The van der Waals surface area contributed by atoms with E-state index in [1.807, 2.05) is 0 Å². The number of phenols is 1. The van der Waals surface area contributed by atoms with Gasteiger partial charge in [0.15, 0.2) is 0 Å². The zero-order valence-electron chi connectivity index (χ0n) is 6.71. The van der Waals surface area contributed by atoms with E-state index in [9.17, 15) is 13.2 Å². The van der Waals surface area contributed by atoms with Gasteiger partial charge < -0.3 is 10.2 Å². The third-order valence-electron chi connectivity index (χ3n) is 1.50. The molecule has 1 aromatic rings. The minimum atomic E-state index is -4.45. The van der Waals surface area contributed by atoms with Crippen molar-refractivity contribution in [2.75, 3.05) is 0 Å². The second-order valence-electron chi connectivity index (χ2n) is 2.46. The summed E-state index contributed by atoms with van der Waals surface area (Å²) >= 11 is 0. The van der Waals surface area contributed by atoms with Crippen LogP contribution in [0.3, 0.4) is 0 Å². The third-order valence-corrected chi connectivity index (χ3v) is 2.35. The molecule has 9 heteroatoms. The average molecular weight is 298 g/mol. The molecule has 0 bridgehead atoms. The summed E-state index contributed by atoms with van der Waals surface area (Å²) in [5, 5.41) is 17.5.